The fourth-order valence-corrected chi connectivity index (χ4v) is 2.21. The second kappa shape index (κ2) is 6.03. The van der Waals surface area contributed by atoms with E-state index in [1.54, 1.807) is 7.11 Å². The van der Waals surface area contributed by atoms with Crippen molar-refractivity contribution in [3.05, 3.63) is 29.8 Å². The van der Waals surface area contributed by atoms with E-state index < -0.39 is 0 Å². The van der Waals surface area contributed by atoms with Gasteiger partial charge in [-0.3, -0.25) is 4.90 Å². The highest BCUT2D eigenvalue weighted by molar-refractivity contribution is 5.29. The molecule has 1 unspecified atom stereocenters. The zero-order valence-corrected chi connectivity index (χ0v) is 10.7. The summed E-state index contributed by atoms with van der Waals surface area (Å²) in [6, 6.07) is 8.38. The molecule has 0 aromatic heterocycles. The third kappa shape index (κ3) is 3.45. The lowest BCUT2D eigenvalue weighted by Gasteiger charge is -2.29. The summed E-state index contributed by atoms with van der Waals surface area (Å²) in [4.78, 5) is 2.47. The monoisotopic (exact) mass is 235 g/mol. The van der Waals surface area contributed by atoms with Crippen LogP contribution in [0.3, 0.4) is 0 Å². The molecule has 1 aromatic carbocycles. The van der Waals surface area contributed by atoms with Gasteiger partial charge in [-0.25, -0.2) is 0 Å². The molecule has 0 amide bonds. The fraction of sp³-hybridized carbons (Fsp3) is 0.571. The van der Waals surface area contributed by atoms with Gasteiger partial charge in [0.15, 0.2) is 0 Å². The van der Waals surface area contributed by atoms with Crippen LogP contribution in [0.4, 0.5) is 0 Å². The number of rotatable bonds is 4. The summed E-state index contributed by atoms with van der Waals surface area (Å²) in [6.07, 6.45) is 0. The fourth-order valence-electron chi connectivity index (χ4n) is 2.21. The highest BCUT2D eigenvalue weighted by atomic mass is 16.5. The van der Waals surface area contributed by atoms with Crippen molar-refractivity contribution in [1.29, 1.82) is 0 Å². The topological polar surface area (TPSA) is 21.7 Å². The summed E-state index contributed by atoms with van der Waals surface area (Å²) in [5.74, 6) is 1.48. The molecular formula is C14H21NO2. The molecule has 3 heteroatoms. The van der Waals surface area contributed by atoms with Crippen molar-refractivity contribution < 1.29 is 9.47 Å². The van der Waals surface area contributed by atoms with Gasteiger partial charge in [0, 0.05) is 19.6 Å². The Balaban J connectivity index is 1.91. The molecule has 0 N–H and O–H groups in total. The Morgan fingerprint density at radius 2 is 1.88 bits per heavy atom. The van der Waals surface area contributed by atoms with Crippen LogP contribution in [0.2, 0.25) is 0 Å². The first kappa shape index (κ1) is 12.4. The molecule has 0 spiro atoms. The maximum absolute atomic E-state index is 5.36. The summed E-state index contributed by atoms with van der Waals surface area (Å²) in [5.41, 5.74) is 1.37. The van der Waals surface area contributed by atoms with Crippen LogP contribution < -0.4 is 4.74 Å². The molecule has 0 saturated carbocycles. The molecule has 3 nitrogen and oxygen atoms in total. The van der Waals surface area contributed by atoms with Crippen molar-refractivity contribution in [2.75, 3.05) is 40.0 Å². The first-order valence-corrected chi connectivity index (χ1v) is 6.23. The molecule has 1 atom stereocenters. The van der Waals surface area contributed by atoms with Gasteiger partial charge in [0.25, 0.3) is 0 Å². The molecule has 2 rings (SSSR count). The van der Waals surface area contributed by atoms with Gasteiger partial charge in [0.05, 0.1) is 20.3 Å². The minimum absolute atomic E-state index is 0.555. The Kier molecular flexibility index (Phi) is 4.40. The third-order valence-electron chi connectivity index (χ3n) is 3.32. The highest BCUT2D eigenvalue weighted by Crippen LogP contribution is 2.20. The number of benzene rings is 1. The van der Waals surface area contributed by atoms with E-state index in [2.05, 4.69) is 24.0 Å². The summed E-state index contributed by atoms with van der Waals surface area (Å²) in [6.45, 7) is 7.23. The van der Waals surface area contributed by atoms with Crippen molar-refractivity contribution in [1.82, 2.24) is 4.90 Å². The van der Waals surface area contributed by atoms with Crippen LogP contribution in [-0.4, -0.2) is 44.9 Å². The van der Waals surface area contributed by atoms with Gasteiger partial charge in [0.2, 0.25) is 0 Å². The Labute approximate surface area is 103 Å². The van der Waals surface area contributed by atoms with E-state index >= 15 is 0 Å². The molecule has 1 aliphatic rings. The normalized spacial score (nSPS) is 18.9. The lowest BCUT2D eigenvalue weighted by atomic mass is 10.0. The average molecular weight is 235 g/mol. The summed E-state index contributed by atoms with van der Waals surface area (Å²) >= 11 is 0. The molecule has 1 aliphatic heterocycles. The second-order valence-corrected chi connectivity index (χ2v) is 4.59. The van der Waals surface area contributed by atoms with Crippen molar-refractivity contribution in [2.24, 2.45) is 0 Å². The number of morpholine rings is 1. The molecule has 0 bridgehead atoms. The van der Waals surface area contributed by atoms with E-state index in [9.17, 15) is 0 Å². The highest BCUT2D eigenvalue weighted by Gasteiger charge is 2.14. The van der Waals surface area contributed by atoms with Crippen LogP contribution in [0.1, 0.15) is 18.4 Å². The van der Waals surface area contributed by atoms with Crippen LogP contribution in [0.5, 0.6) is 5.75 Å². The van der Waals surface area contributed by atoms with Crippen molar-refractivity contribution in [3.8, 4) is 5.75 Å². The Hall–Kier alpha value is -1.06. The maximum Gasteiger partial charge on any atom is 0.118 e. The number of methoxy groups -OCH3 is 1. The Morgan fingerprint density at radius 3 is 2.47 bits per heavy atom. The van der Waals surface area contributed by atoms with Gasteiger partial charge in [0.1, 0.15) is 5.75 Å². The molecule has 1 saturated heterocycles. The molecule has 1 aromatic rings. The first-order chi connectivity index (χ1) is 8.29. The van der Waals surface area contributed by atoms with Crippen LogP contribution in [0.25, 0.3) is 0 Å². The maximum atomic E-state index is 5.36. The van der Waals surface area contributed by atoms with Crippen LogP contribution >= 0.6 is 0 Å². The lowest BCUT2D eigenvalue weighted by molar-refractivity contribution is 0.0357. The first-order valence-electron chi connectivity index (χ1n) is 6.23. The minimum Gasteiger partial charge on any atom is -0.497 e. The van der Waals surface area contributed by atoms with Crippen molar-refractivity contribution >= 4 is 0 Å². The summed E-state index contributed by atoms with van der Waals surface area (Å²) in [7, 11) is 1.70. The van der Waals surface area contributed by atoms with E-state index in [1.165, 1.54) is 5.56 Å². The van der Waals surface area contributed by atoms with Gasteiger partial charge in [-0.1, -0.05) is 19.1 Å². The zero-order chi connectivity index (χ0) is 12.1. The van der Waals surface area contributed by atoms with E-state index in [4.69, 9.17) is 9.47 Å². The van der Waals surface area contributed by atoms with Crippen molar-refractivity contribution in [2.45, 2.75) is 12.8 Å². The Morgan fingerprint density at radius 1 is 1.24 bits per heavy atom. The lowest BCUT2D eigenvalue weighted by Crippen LogP contribution is -2.38. The number of ether oxygens (including phenoxy) is 2. The van der Waals surface area contributed by atoms with Gasteiger partial charge in [-0.2, -0.15) is 0 Å². The van der Waals surface area contributed by atoms with Gasteiger partial charge in [-0.05, 0) is 23.6 Å². The largest absolute Gasteiger partial charge is 0.497 e. The zero-order valence-electron chi connectivity index (χ0n) is 10.7. The van der Waals surface area contributed by atoms with Gasteiger partial charge < -0.3 is 9.47 Å². The molecule has 17 heavy (non-hydrogen) atoms. The summed E-state index contributed by atoms with van der Waals surface area (Å²) < 4.78 is 10.5. The Bertz CT molecular complexity index is 331. The summed E-state index contributed by atoms with van der Waals surface area (Å²) in [5, 5.41) is 0. The van der Waals surface area contributed by atoms with E-state index in [0.29, 0.717) is 5.92 Å². The molecular weight excluding hydrogens is 214 g/mol. The molecule has 94 valence electrons. The minimum atomic E-state index is 0.555. The van der Waals surface area contributed by atoms with Gasteiger partial charge >= 0.3 is 0 Å². The van der Waals surface area contributed by atoms with Crippen LogP contribution in [0.15, 0.2) is 24.3 Å². The SMILES string of the molecule is COc1ccc(C(C)CN2CCOCC2)cc1. The molecule has 1 fully saturated rings. The van der Waals surface area contributed by atoms with Crippen molar-refractivity contribution in [3.63, 3.8) is 0 Å². The molecule has 0 radical (unpaired) electrons. The van der Waals surface area contributed by atoms with E-state index in [0.717, 1.165) is 38.6 Å². The second-order valence-electron chi connectivity index (χ2n) is 4.59. The molecule has 1 heterocycles. The standard InChI is InChI=1S/C14H21NO2/c1-12(11-15-7-9-17-10-8-15)13-3-5-14(16-2)6-4-13/h3-6,12H,7-11H2,1-2H3. The molecule has 0 aliphatic carbocycles. The number of hydrogen-bond donors (Lipinski definition) is 0. The predicted molar refractivity (Wildman–Crippen MR) is 68.7 cm³/mol. The average Bonchev–Trinajstić information content (AvgIpc) is 2.40. The predicted octanol–water partition coefficient (Wildman–Crippen LogP) is 2.13. The van der Waals surface area contributed by atoms with Crippen LogP contribution in [-0.2, 0) is 4.74 Å². The van der Waals surface area contributed by atoms with Crippen LogP contribution in [0, 0.1) is 0 Å². The third-order valence-corrected chi connectivity index (χ3v) is 3.32. The number of hydrogen-bond acceptors (Lipinski definition) is 3. The smallest absolute Gasteiger partial charge is 0.118 e. The van der Waals surface area contributed by atoms with E-state index in [-0.39, 0.29) is 0 Å². The van der Waals surface area contributed by atoms with E-state index in [1.807, 2.05) is 12.1 Å². The van der Waals surface area contributed by atoms with Gasteiger partial charge in [-0.15, -0.1) is 0 Å². The quantitative estimate of drug-likeness (QED) is 0.798. The number of nitrogens with zero attached hydrogens (tertiary/aromatic N) is 1.